The van der Waals surface area contributed by atoms with Gasteiger partial charge in [0.2, 0.25) is 5.91 Å². The molecule has 0 radical (unpaired) electrons. The van der Waals surface area contributed by atoms with Crippen molar-refractivity contribution < 1.29 is 9.59 Å². The number of nitrogens with one attached hydrogen (secondary N) is 2. The van der Waals surface area contributed by atoms with Crippen LogP contribution < -0.4 is 10.6 Å². The Morgan fingerprint density at radius 1 is 0.960 bits per heavy atom. The molecule has 2 amide bonds. The Morgan fingerprint density at radius 3 is 2.16 bits per heavy atom. The highest BCUT2D eigenvalue weighted by Crippen LogP contribution is 2.26. The topological polar surface area (TPSA) is 58.2 Å². The first-order chi connectivity index (χ1) is 11.9. The van der Waals surface area contributed by atoms with E-state index in [1.165, 1.54) is 0 Å². The molecule has 2 rings (SSSR count). The molecule has 4 nitrogen and oxygen atoms in total. The van der Waals surface area contributed by atoms with Gasteiger partial charge in [-0.2, -0.15) is 0 Å². The van der Waals surface area contributed by atoms with Gasteiger partial charge in [0.25, 0.3) is 5.91 Å². The van der Waals surface area contributed by atoms with Gasteiger partial charge < -0.3 is 10.6 Å². The van der Waals surface area contributed by atoms with Crippen molar-refractivity contribution in [2.24, 2.45) is 5.92 Å². The average molecular weight is 379 g/mol. The molecule has 0 unspecified atom stereocenters. The summed E-state index contributed by atoms with van der Waals surface area (Å²) in [6.45, 7) is 3.98. The van der Waals surface area contributed by atoms with Crippen molar-refractivity contribution in [3.8, 4) is 0 Å². The van der Waals surface area contributed by atoms with E-state index in [0.29, 0.717) is 27.0 Å². The van der Waals surface area contributed by atoms with Crippen LogP contribution in [-0.2, 0) is 4.79 Å². The largest absolute Gasteiger partial charge is 0.326 e. The summed E-state index contributed by atoms with van der Waals surface area (Å²) in [7, 11) is 0. The average Bonchev–Trinajstić information content (AvgIpc) is 2.59. The molecule has 0 atom stereocenters. The molecule has 2 aromatic rings. The summed E-state index contributed by atoms with van der Waals surface area (Å²) < 4.78 is 0. The summed E-state index contributed by atoms with van der Waals surface area (Å²) in [5.41, 5.74) is 1.62. The van der Waals surface area contributed by atoms with Crippen LogP contribution in [0.1, 0.15) is 37.0 Å². The van der Waals surface area contributed by atoms with Crippen LogP contribution in [-0.4, -0.2) is 11.8 Å². The predicted octanol–water partition coefficient (Wildman–Crippen LogP) is 5.62. The summed E-state index contributed by atoms with van der Waals surface area (Å²) in [4.78, 5) is 24.4. The van der Waals surface area contributed by atoms with E-state index < -0.39 is 0 Å². The Kier molecular flexibility index (Phi) is 6.85. The van der Waals surface area contributed by atoms with Crippen LogP contribution in [0.15, 0.2) is 42.5 Å². The molecule has 0 aliphatic heterocycles. The number of halogens is 2. The molecule has 0 heterocycles. The molecule has 0 spiro atoms. The third-order valence-electron chi connectivity index (χ3n) is 3.95. The monoisotopic (exact) mass is 378 g/mol. The van der Waals surface area contributed by atoms with Gasteiger partial charge in [0, 0.05) is 22.2 Å². The maximum atomic E-state index is 12.3. The number of rotatable bonds is 6. The summed E-state index contributed by atoms with van der Waals surface area (Å²) in [5.74, 6) is -0.299. The maximum Gasteiger partial charge on any atom is 0.255 e. The number of carbonyl (C=O) groups is 2. The van der Waals surface area contributed by atoms with E-state index in [1.807, 2.05) is 13.8 Å². The number of benzene rings is 2. The zero-order valence-corrected chi connectivity index (χ0v) is 15.6. The van der Waals surface area contributed by atoms with Crippen molar-refractivity contribution in [2.75, 3.05) is 10.6 Å². The van der Waals surface area contributed by atoms with E-state index >= 15 is 0 Å². The molecule has 6 heteroatoms. The van der Waals surface area contributed by atoms with Crippen molar-refractivity contribution in [3.05, 3.63) is 58.1 Å². The van der Waals surface area contributed by atoms with Crippen LogP contribution in [0.25, 0.3) is 0 Å². The molecular weight excluding hydrogens is 359 g/mol. The molecular formula is C19H20Cl2N2O2. The lowest BCUT2D eigenvalue weighted by Gasteiger charge is -2.13. The van der Waals surface area contributed by atoms with Crippen molar-refractivity contribution in [1.29, 1.82) is 0 Å². The second-order valence-corrected chi connectivity index (χ2v) is 6.50. The first kappa shape index (κ1) is 19.3. The number of carbonyl (C=O) groups excluding carboxylic acids is 2. The van der Waals surface area contributed by atoms with Gasteiger partial charge in [0.1, 0.15) is 0 Å². The van der Waals surface area contributed by atoms with Crippen molar-refractivity contribution in [1.82, 2.24) is 0 Å². The fourth-order valence-electron chi connectivity index (χ4n) is 2.39. The molecule has 0 aromatic heterocycles. The first-order valence-electron chi connectivity index (χ1n) is 8.11. The Hall–Kier alpha value is -2.04. The smallest absolute Gasteiger partial charge is 0.255 e. The molecule has 2 N–H and O–H groups in total. The number of hydrogen-bond acceptors (Lipinski definition) is 2. The number of hydrogen-bond donors (Lipinski definition) is 2. The highest BCUT2D eigenvalue weighted by Gasteiger charge is 2.14. The van der Waals surface area contributed by atoms with Crippen molar-refractivity contribution in [3.63, 3.8) is 0 Å². The molecule has 0 fully saturated rings. The Bertz CT molecular complexity index is 757. The van der Waals surface area contributed by atoms with Gasteiger partial charge in [-0.15, -0.1) is 0 Å². The minimum atomic E-state index is -0.290. The zero-order chi connectivity index (χ0) is 18.4. The van der Waals surface area contributed by atoms with Gasteiger partial charge in [-0.1, -0.05) is 37.0 Å². The lowest BCUT2D eigenvalue weighted by atomic mass is 10.0. The first-order valence-corrected chi connectivity index (χ1v) is 8.87. The van der Waals surface area contributed by atoms with Gasteiger partial charge in [0.15, 0.2) is 0 Å². The Morgan fingerprint density at radius 2 is 1.60 bits per heavy atom. The van der Waals surface area contributed by atoms with Crippen LogP contribution in [0, 0.1) is 5.92 Å². The van der Waals surface area contributed by atoms with Crippen molar-refractivity contribution >= 4 is 46.4 Å². The highest BCUT2D eigenvalue weighted by atomic mass is 35.5. The number of amides is 2. The normalized spacial score (nSPS) is 10.6. The van der Waals surface area contributed by atoms with Crippen LogP contribution in [0.3, 0.4) is 0 Å². The van der Waals surface area contributed by atoms with E-state index in [2.05, 4.69) is 10.6 Å². The third kappa shape index (κ3) is 5.21. The van der Waals surface area contributed by atoms with E-state index in [0.717, 1.165) is 12.8 Å². The van der Waals surface area contributed by atoms with Crippen LogP contribution in [0.4, 0.5) is 11.4 Å². The second-order valence-electron chi connectivity index (χ2n) is 5.66. The molecule has 0 saturated heterocycles. The zero-order valence-electron chi connectivity index (χ0n) is 14.1. The van der Waals surface area contributed by atoms with E-state index in [9.17, 15) is 9.59 Å². The molecule has 0 bridgehead atoms. The van der Waals surface area contributed by atoms with E-state index in [1.54, 1.807) is 42.5 Å². The quantitative estimate of drug-likeness (QED) is 0.684. The van der Waals surface area contributed by atoms with Crippen molar-refractivity contribution in [2.45, 2.75) is 26.7 Å². The Balaban J connectivity index is 2.03. The molecule has 0 aliphatic carbocycles. The molecule has 0 saturated carbocycles. The lowest BCUT2D eigenvalue weighted by molar-refractivity contribution is -0.120. The predicted molar refractivity (Wildman–Crippen MR) is 104 cm³/mol. The fourth-order valence-corrected chi connectivity index (χ4v) is 2.85. The maximum absolute atomic E-state index is 12.3. The van der Waals surface area contributed by atoms with Gasteiger partial charge in [-0.25, -0.2) is 0 Å². The Labute approximate surface area is 157 Å². The van der Waals surface area contributed by atoms with Crippen LogP contribution in [0.5, 0.6) is 0 Å². The molecule has 132 valence electrons. The summed E-state index contributed by atoms with van der Waals surface area (Å²) in [6.07, 6.45) is 1.59. The van der Waals surface area contributed by atoms with Gasteiger partial charge in [-0.3, -0.25) is 9.59 Å². The third-order valence-corrected chi connectivity index (χ3v) is 4.50. The fraction of sp³-hybridized carbons (Fsp3) is 0.263. The minimum absolute atomic E-state index is 0.00449. The van der Waals surface area contributed by atoms with Gasteiger partial charge >= 0.3 is 0 Å². The number of anilines is 2. The highest BCUT2D eigenvalue weighted by molar-refractivity contribution is 6.36. The second kappa shape index (κ2) is 8.88. The van der Waals surface area contributed by atoms with Crippen LogP contribution >= 0.6 is 23.2 Å². The van der Waals surface area contributed by atoms with E-state index in [-0.39, 0.29) is 17.7 Å². The standard InChI is InChI=1S/C19H20Cl2N2O2/c1-3-12(4-2)18(24)22-15-8-5-13(6-9-15)19(25)23-17-10-7-14(20)11-16(17)21/h5-12H,3-4H2,1-2H3,(H,22,24)(H,23,25). The lowest BCUT2D eigenvalue weighted by Crippen LogP contribution is -2.21. The van der Waals surface area contributed by atoms with Gasteiger partial charge in [-0.05, 0) is 55.3 Å². The summed E-state index contributed by atoms with van der Waals surface area (Å²) in [5, 5.41) is 6.47. The van der Waals surface area contributed by atoms with Gasteiger partial charge in [0.05, 0.1) is 10.7 Å². The summed E-state index contributed by atoms with van der Waals surface area (Å²) >= 11 is 11.9. The summed E-state index contributed by atoms with van der Waals surface area (Å²) in [6, 6.07) is 11.6. The SMILES string of the molecule is CCC(CC)C(=O)Nc1ccc(C(=O)Nc2ccc(Cl)cc2Cl)cc1. The molecule has 25 heavy (non-hydrogen) atoms. The van der Waals surface area contributed by atoms with E-state index in [4.69, 9.17) is 23.2 Å². The molecule has 0 aliphatic rings. The van der Waals surface area contributed by atoms with Crippen LogP contribution in [0.2, 0.25) is 10.0 Å². The molecule has 2 aromatic carbocycles. The minimum Gasteiger partial charge on any atom is -0.326 e.